The summed E-state index contributed by atoms with van der Waals surface area (Å²) in [6.45, 7) is 2.05. The quantitative estimate of drug-likeness (QED) is 0.913. The molecule has 0 spiro atoms. The van der Waals surface area contributed by atoms with Crippen molar-refractivity contribution in [3.63, 3.8) is 0 Å². The molecule has 2 aromatic heterocycles. The molecule has 0 amide bonds. The molecule has 2 aromatic rings. The summed E-state index contributed by atoms with van der Waals surface area (Å²) in [5.41, 5.74) is 5.47. The SMILES string of the molecule is CN(CCN)Cc1nnc(-c2ccc(Br)s2)o1. The number of nitrogens with zero attached hydrogens (tertiary/aromatic N) is 3. The van der Waals surface area contributed by atoms with Crippen LogP contribution in [0, 0.1) is 0 Å². The van der Waals surface area contributed by atoms with Gasteiger partial charge in [-0.1, -0.05) is 0 Å². The second kappa shape index (κ2) is 5.72. The molecule has 0 bridgehead atoms. The van der Waals surface area contributed by atoms with E-state index in [1.54, 1.807) is 11.3 Å². The minimum Gasteiger partial charge on any atom is -0.419 e. The van der Waals surface area contributed by atoms with E-state index in [0.717, 1.165) is 15.2 Å². The number of likely N-dealkylation sites (N-methyl/N-ethyl adjacent to an activating group) is 1. The Labute approximate surface area is 112 Å². The van der Waals surface area contributed by atoms with Gasteiger partial charge in [0.15, 0.2) is 0 Å². The summed E-state index contributed by atoms with van der Waals surface area (Å²) < 4.78 is 6.63. The van der Waals surface area contributed by atoms with Crippen LogP contribution in [0.25, 0.3) is 10.8 Å². The molecular weight excluding hydrogens is 304 g/mol. The van der Waals surface area contributed by atoms with Crippen LogP contribution in [-0.4, -0.2) is 35.2 Å². The van der Waals surface area contributed by atoms with Gasteiger partial charge in [-0.15, -0.1) is 21.5 Å². The first kappa shape index (κ1) is 12.7. The molecule has 0 radical (unpaired) electrons. The van der Waals surface area contributed by atoms with Crippen LogP contribution in [-0.2, 0) is 6.54 Å². The average Bonchev–Trinajstić information content (AvgIpc) is 2.87. The van der Waals surface area contributed by atoms with E-state index < -0.39 is 0 Å². The van der Waals surface area contributed by atoms with E-state index in [9.17, 15) is 0 Å². The maximum atomic E-state index is 5.58. The molecule has 92 valence electrons. The number of nitrogens with two attached hydrogens (primary N) is 1. The fourth-order valence-electron chi connectivity index (χ4n) is 1.38. The van der Waals surface area contributed by atoms with Crippen LogP contribution in [0.5, 0.6) is 0 Å². The number of hydrogen-bond donors (Lipinski definition) is 1. The first-order chi connectivity index (χ1) is 8.19. The van der Waals surface area contributed by atoms with E-state index in [1.165, 1.54) is 0 Å². The number of thiophene rings is 1. The molecule has 0 unspecified atom stereocenters. The topological polar surface area (TPSA) is 68.2 Å². The monoisotopic (exact) mass is 316 g/mol. The molecule has 5 nitrogen and oxygen atoms in total. The second-order valence-corrected chi connectivity index (χ2v) is 6.09. The van der Waals surface area contributed by atoms with Crippen molar-refractivity contribution in [2.45, 2.75) is 6.54 Å². The van der Waals surface area contributed by atoms with E-state index in [0.29, 0.717) is 24.9 Å². The smallest absolute Gasteiger partial charge is 0.257 e. The number of rotatable bonds is 5. The molecule has 0 aliphatic carbocycles. The second-order valence-electron chi connectivity index (χ2n) is 3.63. The highest BCUT2D eigenvalue weighted by atomic mass is 79.9. The van der Waals surface area contributed by atoms with E-state index in [4.69, 9.17) is 10.2 Å². The highest BCUT2D eigenvalue weighted by Gasteiger charge is 2.11. The molecule has 0 aliphatic heterocycles. The van der Waals surface area contributed by atoms with E-state index in [2.05, 4.69) is 26.1 Å². The minimum atomic E-state index is 0.567. The molecule has 2 heterocycles. The maximum Gasteiger partial charge on any atom is 0.257 e. The van der Waals surface area contributed by atoms with Gasteiger partial charge in [-0.25, -0.2) is 0 Å². The number of hydrogen-bond acceptors (Lipinski definition) is 6. The van der Waals surface area contributed by atoms with Gasteiger partial charge in [-0.2, -0.15) is 0 Å². The van der Waals surface area contributed by atoms with Crippen LogP contribution in [0.1, 0.15) is 5.89 Å². The molecule has 0 atom stereocenters. The van der Waals surface area contributed by atoms with Crippen molar-refractivity contribution in [1.29, 1.82) is 0 Å². The Kier molecular flexibility index (Phi) is 4.27. The molecule has 0 aromatic carbocycles. The number of aromatic nitrogens is 2. The first-order valence-corrected chi connectivity index (χ1v) is 6.76. The standard InChI is InChI=1S/C10H13BrN4OS/c1-15(5-4-12)6-9-13-14-10(16-9)7-2-3-8(11)17-7/h2-3H,4-6,12H2,1H3. The van der Waals surface area contributed by atoms with E-state index in [-0.39, 0.29) is 0 Å². The molecule has 17 heavy (non-hydrogen) atoms. The van der Waals surface area contributed by atoms with Gasteiger partial charge in [-0.3, -0.25) is 4.90 Å². The van der Waals surface area contributed by atoms with Crippen molar-refractivity contribution >= 4 is 27.3 Å². The maximum absolute atomic E-state index is 5.58. The summed E-state index contributed by atoms with van der Waals surface area (Å²) in [4.78, 5) is 3.01. The van der Waals surface area contributed by atoms with Gasteiger partial charge in [0.25, 0.3) is 5.89 Å². The zero-order valence-corrected chi connectivity index (χ0v) is 11.8. The summed E-state index contributed by atoms with van der Waals surface area (Å²) in [6, 6.07) is 3.92. The van der Waals surface area contributed by atoms with Gasteiger partial charge in [0.1, 0.15) is 0 Å². The van der Waals surface area contributed by atoms with Gasteiger partial charge in [0, 0.05) is 13.1 Å². The minimum absolute atomic E-state index is 0.567. The third-order valence-corrected chi connectivity index (χ3v) is 3.78. The van der Waals surface area contributed by atoms with Crippen molar-refractivity contribution in [3.05, 3.63) is 21.8 Å². The molecule has 0 saturated carbocycles. The van der Waals surface area contributed by atoms with Crippen molar-refractivity contribution < 1.29 is 4.42 Å². The summed E-state index contributed by atoms with van der Waals surface area (Å²) >= 11 is 4.97. The Bertz CT molecular complexity index is 484. The third kappa shape index (κ3) is 3.35. The average molecular weight is 317 g/mol. The van der Waals surface area contributed by atoms with Gasteiger partial charge in [0.05, 0.1) is 15.2 Å². The van der Waals surface area contributed by atoms with Crippen LogP contribution in [0.15, 0.2) is 20.3 Å². The predicted molar refractivity (Wildman–Crippen MR) is 70.7 cm³/mol. The van der Waals surface area contributed by atoms with E-state index >= 15 is 0 Å². The Hall–Kier alpha value is -0.760. The van der Waals surface area contributed by atoms with Crippen LogP contribution in [0.2, 0.25) is 0 Å². The van der Waals surface area contributed by atoms with E-state index in [1.807, 2.05) is 24.1 Å². The molecule has 0 saturated heterocycles. The van der Waals surface area contributed by atoms with Crippen molar-refractivity contribution in [2.75, 3.05) is 20.1 Å². The number of halogens is 1. The highest BCUT2D eigenvalue weighted by Crippen LogP contribution is 2.30. The fourth-order valence-corrected chi connectivity index (χ4v) is 2.68. The lowest BCUT2D eigenvalue weighted by Crippen LogP contribution is -2.25. The summed E-state index contributed by atoms with van der Waals surface area (Å²) in [7, 11) is 1.97. The van der Waals surface area contributed by atoms with Gasteiger partial charge < -0.3 is 10.2 Å². The third-order valence-electron chi connectivity index (χ3n) is 2.17. The van der Waals surface area contributed by atoms with Crippen LogP contribution < -0.4 is 5.73 Å². The van der Waals surface area contributed by atoms with Crippen molar-refractivity contribution in [2.24, 2.45) is 5.73 Å². The summed E-state index contributed by atoms with van der Waals surface area (Å²) in [5.74, 6) is 1.18. The molecule has 0 aliphatic rings. The van der Waals surface area contributed by atoms with Crippen LogP contribution >= 0.6 is 27.3 Å². The molecular formula is C10H13BrN4OS. The van der Waals surface area contributed by atoms with Crippen molar-refractivity contribution in [1.82, 2.24) is 15.1 Å². The Morgan fingerprint density at radius 2 is 2.29 bits per heavy atom. The van der Waals surface area contributed by atoms with Crippen molar-refractivity contribution in [3.8, 4) is 10.8 Å². The first-order valence-electron chi connectivity index (χ1n) is 5.15. The Morgan fingerprint density at radius 1 is 1.47 bits per heavy atom. The lowest BCUT2D eigenvalue weighted by molar-refractivity contribution is 0.297. The predicted octanol–water partition coefficient (Wildman–Crippen LogP) is 1.95. The molecule has 2 N–H and O–H groups in total. The Morgan fingerprint density at radius 3 is 2.94 bits per heavy atom. The molecule has 0 fully saturated rings. The van der Waals surface area contributed by atoms with Gasteiger partial charge in [-0.05, 0) is 35.1 Å². The fraction of sp³-hybridized carbons (Fsp3) is 0.400. The molecule has 7 heteroatoms. The molecule has 2 rings (SSSR count). The Balaban J connectivity index is 2.05. The summed E-state index contributed by atoms with van der Waals surface area (Å²) in [6.07, 6.45) is 0. The zero-order valence-electron chi connectivity index (χ0n) is 9.39. The van der Waals surface area contributed by atoms with Crippen LogP contribution in [0.4, 0.5) is 0 Å². The normalized spacial score (nSPS) is 11.3. The lowest BCUT2D eigenvalue weighted by atomic mass is 10.5. The lowest BCUT2D eigenvalue weighted by Gasteiger charge is -2.11. The van der Waals surface area contributed by atoms with Crippen LogP contribution in [0.3, 0.4) is 0 Å². The zero-order chi connectivity index (χ0) is 12.3. The highest BCUT2D eigenvalue weighted by molar-refractivity contribution is 9.11. The largest absolute Gasteiger partial charge is 0.419 e. The summed E-state index contributed by atoms with van der Waals surface area (Å²) in [5, 5.41) is 8.04. The van der Waals surface area contributed by atoms with Gasteiger partial charge >= 0.3 is 0 Å². The van der Waals surface area contributed by atoms with Gasteiger partial charge in [0.2, 0.25) is 5.89 Å².